The van der Waals surface area contributed by atoms with E-state index in [0.29, 0.717) is 0 Å². The van der Waals surface area contributed by atoms with Gasteiger partial charge in [0.05, 0.1) is 11.1 Å². The maximum atomic E-state index is 11.3. The molecular weight excluding hydrogens is 278 g/mol. The Kier molecular flexibility index (Phi) is 3.61. The molecule has 0 fully saturated rings. The van der Waals surface area contributed by atoms with Gasteiger partial charge in [0, 0.05) is 5.39 Å². The van der Waals surface area contributed by atoms with Crippen molar-refractivity contribution in [3.63, 3.8) is 0 Å². The summed E-state index contributed by atoms with van der Waals surface area (Å²) in [5.41, 5.74) is 4.17. The summed E-state index contributed by atoms with van der Waals surface area (Å²) >= 11 is 0. The van der Waals surface area contributed by atoms with Gasteiger partial charge in [-0.3, -0.25) is 0 Å². The van der Waals surface area contributed by atoms with Gasteiger partial charge in [0.15, 0.2) is 0 Å². The van der Waals surface area contributed by atoms with Crippen LogP contribution >= 0.6 is 0 Å². The maximum Gasteiger partial charge on any atom is 0.356 e. The van der Waals surface area contributed by atoms with Gasteiger partial charge in [0.1, 0.15) is 5.69 Å². The molecule has 2 amide bonds. The summed E-state index contributed by atoms with van der Waals surface area (Å²) in [5, 5.41) is 25.5. The summed E-state index contributed by atoms with van der Waals surface area (Å²) in [6.07, 6.45) is 0. The van der Waals surface area contributed by atoms with Gasteiger partial charge in [0.25, 0.3) is 0 Å². The molecule has 0 saturated carbocycles. The van der Waals surface area contributed by atoms with E-state index >= 15 is 0 Å². The molecule has 8 heteroatoms. The first kappa shape index (κ1) is 14.1. The fourth-order valence-corrected chi connectivity index (χ4v) is 1.91. The summed E-state index contributed by atoms with van der Waals surface area (Å²) in [5.74, 6) is -2.66. The zero-order valence-corrected chi connectivity index (χ0v) is 10.5. The van der Waals surface area contributed by atoms with Crippen LogP contribution in [0.15, 0.2) is 40.6 Å². The van der Waals surface area contributed by atoms with Crippen molar-refractivity contribution in [3.8, 4) is 0 Å². The Bertz CT molecular complexity index is 798. The van der Waals surface area contributed by atoms with Crippen LogP contribution in [0.2, 0.25) is 0 Å². The summed E-state index contributed by atoms with van der Waals surface area (Å²) < 4.78 is 0. The first-order valence-electron chi connectivity index (χ1n) is 5.65. The number of carbonyl (C=O) groups is 3. The first-order chi connectivity index (χ1) is 9.91. The number of carboxylic acids is 2. The number of carboxylic acid groups (broad SMARTS) is 2. The second-order valence-electron chi connectivity index (χ2n) is 4.01. The molecule has 4 N–H and O–H groups in total. The predicted molar refractivity (Wildman–Crippen MR) is 72.0 cm³/mol. The van der Waals surface area contributed by atoms with Gasteiger partial charge in [-0.05, 0) is 11.5 Å². The standard InChI is InChI=1S/C13H9N3O5/c14-13(21)16-15-10-7-4-2-1-3-6(7)8(11(17)18)5-9(10)12(19)20/h1-5H,(H2,14,21)(H,17,18)(H,19,20)/b16-15+. The average molecular weight is 287 g/mol. The third-order valence-electron chi connectivity index (χ3n) is 2.73. The molecule has 8 nitrogen and oxygen atoms in total. The fourth-order valence-electron chi connectivity index (χ4n) is 1.91. The molecule has 0 aliphatic heterocycles. The van der Waals surface area contributed by atoms with Crippen LogP contribution in [0, 0.1) is 0 Å². The van der Waals surface area contributed by atoms with Crippen LogP contribution in [0.1, 0.15) is 20.7 Å². The van der Waals surface area contributed by atoms with Gasteiger partial charge in [-0.25, -0.2) is 14.4 Å². The van der Waals surface area contributed by atoms with Crippen molar-refractivity contribution in [1.82, 2.24) is 0 Å². The number of rotatable bonds is 3. The number of benzene rings is 2. The van der Waals surface area contributed by atoms with Crippen LogP contribution in [0.25, 0.3) is 10.8 Å². The third-order valence-corrected chi connectivity index (χ3v) is 2.73. The fraction of sp³-hybridized carbons (Fsp3) is 0. The Morgan fingerprint density at radius 3 is 2.05 bits per heavy atom. The number of nitrogens with zero attached hydrogens (tertiary/aromatic N) is 2. The largest absolute Gasteiger partial charge is 0.478 e. The van der Waals surface area contributed by atoms with Crippen LogP contribution in [0.5, 0.6) is 0 Å². The Morgan fingerprint density at radius 2 is 1.52 bits per heavy atom. The number of nitrogens with two attached hydrogens (primary N) is 1. The SMILES string of the molecule is NC(=O)/N=N/c1c(C(=O)O)cc(C(=O)O)c2ccccc12. The number of carbonyl (C=O) groups excluding carboxylic acids is 1. The van der Waals surface area contributed by atoms with Crippen LogP contribution in [0.3, 0.4) is 0 Å². The first-order valence-corrected chi connectivity index (χ1v) is 5.65. The van der Waals surface area contributed by atoms with Gasteiger partial charge in [-0.1, -0.05) is 29.4 Å². The Morgan fingerprint density at radius 1 is 0.952 bits per heavy atom. The lowest BCUT2D eigenvalue weighted by atomic mass is 9.98. The number of hydrogen-bond acceptors (Lipinski definition) is 4. The Hall–Kier alpha value is -3.29. The number of urea groups is 1. The molecule has 0 bridgehead atoms. The van der Waals surface area contributed by atoms with Gasteiger partial charge in [-0.2, -0.15) is 0 Å². The van der Waals surface area contributed by atoms with E-state index in [9.17, 15) is 24.6 Å². The minimum absolute atomic E-state index is 0.123. The van der Waals surface area contributed by atoms with Gasteiger partial charge in [-0.15, -0.1) is 5.11 Å². The highest BCUT2D eigenvalue weighted by Gasteiger charge is 2.20. The van der Waals surface area contributed by atoms with Crippen molar-refractivity contribution in [1.29, 1.82) is 0 Å². The number of azo groups is 1. The van der Waals surface area contributed by atoms with Crippen LogP contribution in [-0.2, 0) is 0 Å². The molecule has 0 atom stereocenters. The van der Waals surface area contributed by atoms with Gasteiger partial charge in [0.2, 0.25) is 0 Å². The third kappa shape index (κ3) is 2.68. The lowest BCUT2D eigenvalue weighted by Gasteiger charge is -2.08. The monoisotopic (exact) mass is 287 g/mol. The second-order valence-corrected chi connectivity index (χ2v) is 4.01. The van der Waals surface area contributed by atoms with Gasteiger partial charge >= 0.3 is 18.0 Å². The van der Waals surface area contributed by atoms with E-state index in [4.69, 9.17) is 5.73 Å². The molecule has 0 aromatic heterocycles. The highest BCUT2D eigenvalue weighted by Crippen LogP contribution is 2.33. The molecule has 0 heterocycles. The average Bonchev–Trinajstić information content (AvgIpc) is 2.43. The minimum Gasteiger partial charge on any atom is -0.478 e. The lowest BCUT2D eigenvalue weighted by molar-refractivity contribution is 0.0696. The summed E-state index contributed by atoms with van der Waals surface area (Å²) in [6.45, 7) is 0. The van der Waals surface area contributed by atoms with E-state index in [2.05, 4.69) is 10.2 Å². The van der Waals surface area contributed by atoms with E-state index in [1.54, 1.807) is 12.1 Å². The molecule has 2 aromatic rings. The molecule has 0 unspecified atom stereocenters. The van der Waals surface area contributed by atoms with Crippen molar-refractivity contribution in [2.75, 3.05) is 0 Å². The van der Waals surface area contributed by atoms with Crippen LogP contribution in [-0.4, -0.2) is 28.2 Å². The lowest BCUT2D eigenvalue weighted by Crippen LogP contribution is -2.05. The van der Waals surface area contributed by atoms with Crippen molar-refractivity contribution >= 4 is 34.4 Å². The van der Waals surface area contributed by atoms with Crippen molar-refractivity contribution in [2.24, 2.45) is 16.0 Å². The summed E-state index contributed by atoms with van der Waals surface area (Å²) in [4.78, 5) is 33.2. The Labute approximate surface area is 117 Å². The van der Waals surface area contributed by atoms with Gasteiger partial charge < -0.3 is 15.9 Å². The molecule has 2 rings (SSSR count). The van der Waals surface area contributed by atoms with Crippen LogP contribution in [0.4, 0.5) is 10.5 Å². The number of hydrogen-bond donors (Lipinski definition) is 3. The smallest absolute Gasteiger partial charge is 0.356 e. The zero-order valence-electron chi connectivity index (χ0n) is 10.5. The number of fused-ring (bicyclic) bond motifs is 1. The Balaban J connectivity index is 2.90. The molecule has 21 heavy (non-hydrogen) atoms. The molecule has 0 saturated heterocycles. The highest BCUT2D eigenvalue weighted by atomic mass is 16.4. The molecule has 0 aliphatic rings. The van der Waals surface area contributed by atoms with E-state index in [0.717, 1.165) is 6.07 Å². The number of amides is 2. The van der Waals surface area contributed by atoms with Crippen molar-refractivity contribution in [3.05, 3.63) is 41.5 Å². The van der Waals surface area contributed by atoms with Crippen molar-refractivity contribution < 1.29 is 24.6 Å². The topological polar surface area (TPSA) is 142 Å². The number of aromatic carboxylic acids is 2. The minimum atomic E-state index is -1.39. The molecule has 2 aromatic carbocycles. The zero-order chi connectivity index (χ0) is 15.6. The molecular formula is C13H9N3O5. The van der Waals surface area contributed by atoms with Crippen LogP contribution < -0.4 is 5.73 Å². The molecule has 106 valence electrons. The normalized spacial score (nSPS) is 10.9. The second kappa shape index (κ2) is 5.37. The highest BCUT2D eigenvalue weighted by molar-refractivity contribution is 6.12. The van der Waals surface area contributed by atoms with Crippen molar-refractivity contribution in [2.45, 2.75) is 0 Å². The molecule has 0 radical (unpaired) electrons. The molecule has 0 spiro atoms. The van der Waals surface area contributed by atoms with E-state index in [1.807, 2.05) is 0 Å². The van der Waals surface area contributed by atoms with E-state index in [-0.39, 0.29) is 27.6 Å². The van der Waals surface area contributed by atoms with E-state index < -0.39 is 18.0 Å². The summed E-state index contributed by atoms with van der Waals surface area (Å²) in [6, 6.07) is 6.07. The summed E-state index contributed by atoms with van der Waals surface area (Å²) in [7, 11) is 0. The van der Waals surface area contributed by atoms with E-state index in [1.165, 1.54) is 12.1 Å². The molecule has 0 aliphatic carbocycles. The maximum absolute atomic E-state index is 11.3. The predicted octanol–water partition coefficient (Wildman–Crippen LogP) is 2.40. The number of primary amides is 1. The quantitative estimate of drug-likeness (QED) is 0.742.